The van der Waals surface area contributed by atoms with Crippen molar-refractivity contribution in [1.82, 2.24) is 24.9 Å². The van der Waals surface area contributed by atoms with Gasteiger partial charge in [0.2, 0.25) is 5.88 Å². The zero-order chi connectivity index (χ0) is 17.1. The van der Waals surface area contributed by atoms with E-state index in [1.807, 2.05) is 36.7 Å². The Morgan fingerprint density at radius 1 is 1.16 bits per heavy atom. The number of fused-ring (bicyclic) bond motifs is 1. The summed E-state index contributed by atoms with van der Waals surface area (Å²) < 4.78 is 5.36. The van der Waals surface area contributed by atoms with Gasteiger partial charge in [-0.25, -0.2) is 15.0 Å². The number of rotatable bonds is 5. The van der Waals surface area contributed by atoms with E-state index in [9.17, 15) is 0 Å². The molecule has 4 rings (SSSR count). The molecule has 7 heteroatoms. The lowest BCUT2D eigenvalue weighted by Gasteiger charge is -2.10. The highest BCUT2D eigenvalue weighted by Gasteiger charge is 2.14. The fraction of sp³-hybridized carbons (Fsp3) is 0.111. The third-order valence-corrected chi connectivity index (χ3v) is 3.84. The predicted molar refractivity (Wildman–Crippen MR) is 95.2 cm³/mol. The van der Waals surface area contributed by atoms with Crippen molar-refractivity contribution in [3.05, 3.63) is 60.8 Å². The molecule has 0 atom stereocenters. The normalized spacial score (nSPS) is 10.8. The van der Waals surface area contributed by atoms with Crippen molar-refractivity contribution in [3.63, 3.8) is 0 Å². The molecule has 0 aliphatic heterocycles. The summed E-state index contributed by atoms with van der Waals surface area (Å²) >= 11 is 0. The van der Waals surface area contributed by atoms with Crippen LogP contribution in [0.3, 0.4) is 0 Å². The number of H-pyrrole nitrogens is 1. The van der Waals surface area contributed by atoms with Gasteiger partial charge in [0.1, 0.15) is 17.2 Å². The molecular weight excluding hydrogens is 316 g/mol. The number of hydrogen-bond acceptors (Lipinski definition) is 6. The first-order valence-corrected chi connectivity index (χ1v) is 7.81. The van der Waals surface area contributed by atoms with E-state index >= 15 is 0 Å². The van der Waals surface area contributed by atoms with Gasteiger partial charge in [0.25, 0.3) is 0 Å². The van der Waals surface area contributed by atoms with Crippen LogP contribution in [-0.4, -0.2) is 32.0 Å². The standard InChI is InChI=1S/C18H16N6O/c1-25-18-16(20-7-8-22-18)14-9-15(24-17-13(14)4-6-21-17)23-11-12-3-2-5-19-10-12/h2-10H,11H2,1H3,(H2,21,23,24). The Balaban J connectivity index is 1.75. The summed E-state index contributed by atoms with van der Waals surface area (Å²) in [4.78, 5) is 20.6. The molecule has 0 fully saturated rings. The van der Waals surface area contributed by atoms with Gasteiger partial charge in [0.05, 0.1) is 7.11 Å². The van der Waals surface area contributed by atoms with Crippen LogP contribution >= 0.6 is 0 Å². The Hall–Kier alpha value is -3.48. The van der Waals surface area contributed by atoms with Gasteiger partial charge < -0.3 is 15.0 Å². The maximum absolute atomic E-state index is 5.36. The van der Waals surface area contributed by atoms with Crippen LogP contribution in [0.1, 0.15) is 5.56 Å². The minimum absolute atomic E-state index is 0.481. The number of aromatic amines is 1. The van der Waals surface area contributed by atoms with E-state index in [0.29, 0.717) is 18.1 Å². The van der Waals surface area contributed by atoms with E-state index in [2.05, 4.69) is 30.2 Å². The highest BCUT2D eigenvalue weighted by molar-refractivity contribution is 5.94. The van der Waals surface area contributed by atoms with Crippen LogP contribution in [0, 0.1) is 0 Å². The van der Waals surface area contributed by atoms with Gasteiger partial charge in [0.15, 0.2) is 0 Å². The molecular formula is C18H16N6O. The third-order valence-electron chi connectivity index (χ3n) is 3.84. The first-order valence-electron chi connectivity index (χ1n) is 7.81. The lowest BCUT2D eigenvalue weighted by molar-refractivity contribution is 0.398. The van der Waals surface area contributed by atoms with Crippen LogP contribution in [0.15, 0.2) is 55.2 Å². The Kier molecular flexibility index (Phi) is 3.96. The van der Waals surface area contributed by atoms with Crippen molar-refractivity contribution in [2.75, 3.05) is 12.4 Å². The largest absolute Gasteiger partial charge is 0.479 e. The van der Waals surface area contributed by atoms with Crippen molar-refractivity contribution in [3.8, 4) is 17.1 Å². The molecule has 0 aliphatic carbocycles. The Labute approximate surface area is 144 Å². The van der Waals surface area contributed by atoms with Gasteiger partial charge >= 0.3 is 0 Å². The molecule has 0 radical (unpaired) electrons. The van der Waals surface area contributed by atoms with Crippen LogP contribution < -0.4 is 10.1 Å². The van der Waals surface area contributed by atoms with Crippen molar-refractivity contribution in [2.24, 2.45) is 0 Å². The number of nitrogens with zero attached hydrogens (tertiary/aromatic N) is 4. The first-order chi connectivity index (χ1) is 12.3. The van der Waals surface area contributed by atoms with E-state index in [1.54, 1.807) is 25.7 Å². The van der Waals surface area contributed by atoms with Crippen molar-refractivity contribution < 1.29 is 4.74 Å². The molecule has 7 nitrogen and oxygen atoms in total. The second-order valence-electron chi connectivity index (χ2n) is 5.42. The van der Waals surface area contributed by atoms with E-state index in [0.717, 1.165) is 28.0 Å². The van der Waals surface area contributed by atoms with Crippen LogP contribution in [-0.2, 0) is 6.54 Å². The average Bonchev–Trinajstić information content (AvgIpc) is 3.15. The summed E-state index contributed by atoms with van der Waals surface area (Å²) in [6, 6.07) is 7.85. The van der Waals surface area contributed by atoms with Crippen molar-refractivity contribution in [2.45, 2.75) is 6.54 Å². The molecule has 2 N–H and O–H groups in total. The smallest absolute Gasteiger partial charge is 0.240 e. The number of nitrogens with one attached hydrogen (secondary N) is 2. The highest BCUT2D eigenvalue weighted by atomic mass is 16.5. The third kappa shape index (κ3) is 2.99. The predicted octanol–water partition coefficient (Wildman–Crippen LogP) is 3.04. The van der Waals surface area contributed by atoms with E-state index in [4.69, 9.17) is 4.74 Å². The summed E-state index contributed by atoms with van der Waals surface area (Å²) in [5.74, 6) is 1.22. The number of ether oxygens (including phenoxy) is 1. The summed E-state index contributed by atoms with van der Waals surface area (Å²) in [6.45, 7) is 0.629. The SMILES string of the molecule is COc1nccnc1-c1cc(NCc2cccnc2)nc2[nH]ccc12. The molecule has 124 valence electrons. The van der Waals surface area contributed by atoms with Crippen molar-refractivity contribution >= 4 is 16.9 Å². The minimum Gasteiger partial charge on any atom is -0.479 e. The van der Waals surface area contributed by atoms with Crippen molar-refractivity contribution in [1.29, 1.82) is 0 Å². The molecule has 4 heterocycles. The number of aromatic nitrogens is 5. The molecule has 4 aromatic heterocycles. The maximum Gasteiger partial charge on any atom is 0.240 e. The van der Waals surface area contributed by atoms with E-state index < -0.39 is 0 Å². The summed E-state index contributed by atoms with van der Waals surface area (Å²) in [5.41, 5.74) is 3.44. The topological polar surface area (TPSA) is 88.6 Å². The lowest BCUT2D eigenvalue weighted by atomic mass is 10.1. The van der Waals surface area contributed by atoms with Gasteiger partial charge in [-0.1, -0.05) is 6.07 Å². The first kappa shape index (κ1) is 15.1. The Morgan fingerprint density at radius 2 is 2.08 bits per heavy atom. The Morgan fingerprint density at radius 3 is 2.92 bits per heavy atom. The summed E-state index contributed by atoms with van der Waals surface area (Å²) in [7, 11) is 1.59. The molecule has 0 unspecified atom stereocenters. The molecule has 0 aliphatic rings. The van der Waals surface area contributed by atoms with Crippen LogP contribution in [0.2, 0.25) is 0 Å². The minimum atomic E-state index is 0.481. The van der Waals surface area contributed by atoms with Crippen LogP contribution in [0.5, 0.6) is 5.88 Å². The second kappa shape index (κ2) is 6.56. The molecule has 0 bridgehead atoms. The molecule has 4 aromatic rings. The van der Waals surface area contributed by atoms with E-state index in [1.165, 1.54) is 0 Å². The lowest BCUT2D eigenvalue weighted by Crippen LogP contribution is -2.03. The van der Waals surface area contributed by atoms with Gasteiger partial charge in [-0.15, -0.1) is 0 Å². The van der Waals surface area contributed by atoms with E-state index in [-0.39, 0.29) is 0 Å². The fourth-order valence-corrected chi connectivity index (χ4v) is 2.68. The summed E-state index contributed by atoms with van der Waals surface area (Å²) in [6.07, 6.45) is 8.70. The highest BCUT2D eigenvalue weighted by Crippen LogP contribution is 2.32. The number of hydrogen-bond donors (Lipinski definition) is 2. The molecule has 0 aromatic carbocycles. The zero-order valence-corrected chi connectivity index (χ0v) is 13.6. The molecule has 25 heavy (non-hydrogen) atoms. The molecule has 0 amide bonds. The zero-order valence-electron chi connectivity index (χ0n) is 13.6. The van der Waals surface area contributed by atoms with Gasteiger partial charge in [-0.05, 0) is 23.8 Å². The monoisotopic (exact) mass is 332 g/mol. The number of pyridine rings is 2. The number of anilines is 1. The van der Waals surface area contributed by atoms with Gasteiger partial charge in [-0.2, -0.15) is 0 Å². The summed E-state index contributed by atoms with van der Waals surface area (Å²) in [5, 5.41) is 4.29. The van der Waals surface area contributed by atoms with Crippen LogP contribution in [0.25, 0.3) is 22.3 Å². The molecule has 0 saturated carbocycles. The number of methoxy groups -OCH3 is 1. The molecule has 0 saturated heterocycles. The van der Waals surface area contributed by atoms with Crippen LogP contribution in [0.4, 0.5) is 5.82 Å². The second-order valence-corrected chi connectivity index (χ2v) is 5.42. The van der Waals surface area contributed by atoms with Gasteiger partial charge in [-0.3, -0.25) is 4.98 Å². The molecule has 0 spiro atoms. The average molecular weight is 332 g/mol. The Bertz CT molecular complexity index is 999. The quantitative estimate of drug-likeness (QED) is 0.584. The fourth-order valence-electron chi connectivity index (χ4n) is 2.68. The maximum atomic E-state index is 5.36. The van der Waals surface area contributed by atoms with Gasteiger partial charge in [0, 0.05) is 48.5 Å².